The molecule has 0 N–H and O–H groups in total. The summed E-state index contributed by atoms with van der Waals surface area (Å²) < 4.78 is 5.58. The van der Waals surface area contributed by atoms with E-state index >= 15 is 0 Å². The van der Waals surface area contributed by atoms with Gasteiger partial charge in [0, 0.05) is 24.4 Å². The Bertz CT molecular complexity index is 716. The van der Waals surface area contributed by atoms with E-state index in [9.17, 15) is 14.9 Å². The molecule has 0 amide bonds. The van der Waals surface area contributed by atoms with E-state index < -0.39 is 10.9 Å². The fourth-order valence-electron chi connectivity index (χ4n) is 2.85. The Morgan fingerprint density at radius 3 is 2.50 bits per heavy atom. The zero-order valence-electron chi connectivity index (χ0n) is 13.1. The number of anilines is 1. The number of hydrogen-bond donors (Lipinski definition) is 0. The lowest BCUT2D eigenvalue weighted by Gasteiger charge is -2.34. The van der Waals surface area contributed by atoms with E-state index in [1.54, 1.807) is 0 Å². The summed E-state index contributed by atoms with van der Waals surface area (Å²) in [6.45, 7) is 1.60. The summed E-state index contributed by atoms with van der Waals surface area (Å²) in [6.07, 6.45) is 1.59. The van der Waals surface area contributed by atoms with Crippen molar-refractivity contribution in [1.29, 1.82) is 0 Å². The number of carbonyl (C=O) groups excluding carboxylic acids is 1. The molecule has 1 heterocycles. The average Bonchev–Trinajstić information content (AvgIpc) is 2.63. The number of nitro benzene ring substituents is 1. The van der Waals surface area contributed by atoms with Crippen LogP contribution in [0, 0.1) is 10.1 Å². The Labute approximate surface area is 139 Å². The Morgan fingerprint density at radius 2 is 1.83 bits per heavy atom. The molecule has 1 aliphatic rings. The highest BCUT2D eigenvalue weighted by molar-refractivity contribution is 5.89. The number of nitro groups is 1. The van der Waals surface area contributed by atoms with Gasteiger partial charge in [-0.15, -0.1) is 0 Å². The molecule has 1 unspecified atom stereocenters. The molecule has 1 atom stereocenters. The number of ether oxygens (including phenoxy) is 1. The van der Waals surface area contributed by atoms with Crippen molar-refractivity contribution in [3.8, 4) is 0 Å². The highest BCUT2D eigenvalue weighted by atomic mass is 16.6. The quantitative estimate of drug-likeness (QED) is 0.489. The first kappa shape index (κ1) is 16.0. The van der Waals surface area contributed by atoms with E-state index in [0.29, 0.717) is 12.1 Å². The number of nitrogens with zero attached hydrogens (tertiary/aromatic N) is 2. The van der Waals surface area contributed by atoms with Gasteiger partial charge in [0.25, 0.3) is 5.69 Å². The van der Waals surface area contributed by atoms with Gasteiger partial charge in [-0.2, -0.15) is 0 Å². The van der Waals surface area contributed by atoms with Gasteiger partial charge >= 0.3 is 5.97 Å². The van der Waals surface area contributed by atoms with Crippen LogP contribution >= 0.6 is 0 Å². The minimum absolute atomic E-state index is 0.0422. The second-order valence-corrected chi connectivity index (χ2v) is 5.76. The summed E-state index contributed by atoms with van der Waals surface area (Å²) >= 11 is 0. The highest BCUT2D eigenvalue weighted by Crippen LogP contribution is 2.22. The SMILES string of the molecule is O=C(OC1CCCN(c2ccccc2)C1)c1ccc([N+](=O)[O-])cc1. The molecule has 0 aliphatic carbocycles. The van der Waals surface area contributed by atoms with Gasteiger partial charge in [0.05, 0.1) is 17.0 Å². The molecule has 0 aromatic heterocycles. The van der Waals surface area contributed by atoms with Gasteiger partial charge in [0.15, 0.2) is 0 Å². The predicted octanol–water partition coefficient (Wildman–Crippen LogP) is 3.42. The first-order chi connectivity index (χ1) is 11.6. The monoisotopic (exact) mass is 326 g/mol. The molecule has 6 heteroatoms. The third-order valence-electron chi connectivity index (χ3n) is 4.09. The molecule has 3 rings (SSSR count). The minimum Gasteiger partial charge on any atom is -0.457 e. The molecule has 2 aromatic rings. The van der Waals surface area contributed by atoms with E-state index in [1.165, 1.54) is 24.3 Å². The van der Waals surface area contributed by atoms with E-state index in [0.717, 1.165) is 25.1 Å². The number of benzene rings is 2. The maximum atomic E-state index is 12.2. The number of hydrogen-bond acceptors (Lipinski definition) is 5. The van der Waals surface area contributed by atoms with E-state index in [2.05, 4.69) is 4.90 Å². The molecular formula is C18H18N2O4. The Morgan fingerprint density at radius 1 is 1.12 bits per heavy atom. The van der Waals surface area contributed by atoms with Crippen molar-refractivity contribution >= 4 is 17.3 Å². The third-order valence-corrected chi connectivity index (χ3v) is 4.09. The summed E-state index contributed by atoms with van der Waals surface area (Å²) in [5.74, 6) is -0.440. The van der Waals surface area contributed by atoms with Crippen LogP contribution < -0.4 is 4.90 Å². The molecule has 124 valence electrons. The lowest BCUT2D eigenvalue weighted by molar-refractivity contribution is -0.384. The van der Waals surface area contributed by atoms with Gasteiger partial charge in [-0.1, -0.05) is 18.2 Å². The molecule has 0 spiro atoms. The van der Waals surface area contributed by atoms with E-state index in [4.69, 9.17) is 4.74 Å². The smallest absolute Gasteiger partial charge is 0.338 e. The Balaban J connectivity index is 1.62. The van der Waals surface area contributed by atoms with Crippen LogP contribution in [0.2, 0.25) is 0 Å². The summed E-state index contributed by atoms with van der Waals surface area (Å²) in [4.78, 5) is 24.6. The number of rotatable bonds is 4. The van der Waals surface area contributed by atoms with Gasteiger partial charge in [-0.05, 0) is 37.1 Å². The molecule has 1 fully saturated rings. The fraction of sp³-hybridized carbons (Fsp3) is 0.278. The molecule has 1 aliphatic heterocycles. The van der Waals surface area contributed by atoms with Crippen molar-refractivity contribution in [2.45, 2.75) is 18.9 Å². The van der Waals surface area contributed by atoms with E-state index in [-0.39, 0.29) is 11.8 Å². The molecule has 1 saturated heterocycles. The van der Waals surface area contributed by atoms with Crippen molar-refractivity contribution < 1.29 is 14.5 Å². The van der Waals surface area contributed by atoms with Gasteiger partial charge in [0.2, 0.25) is 0 Å². The number of carbonyl (C=O) groups is 1. The second-order valence-electron chi connectivity index (χ2n) is 5.76. The third kappa shape index (κ3) is 3.71. The predicted molar refractivity (Wildman–Crippen MR) is 90.2 cm³/mol. The molecule has 2 aromatic carbocycles. The Hall–Kier alpha value is -2.89. The summed E-state index contributed by atoms with van der Waals surface area (Å²) in [7, 11) is 0. The van der Waals surface area contributed by atoms with Crippen molar-refractivity contribution in [2.75, 3.05) is 18.0 Å². The fourth-order valence-corrected chi connectivity index (χ4v) is 2.85. The normalized spacial score (nSPS) is 17.3. The molecular weight excluding hydrogens is 308 g/mol. The van der Waals surface area contributed by atoms with Crippen LogP contribution in [0.4, 0.5) is 11.4 Å². The van der Waals surface area contributed by atoms with Crippen LogP contribution in [0.25, 0.3) is 0 Å². The van der Waals surface area contributed by atoms with Gasteiger partial charge < -0.3 is 9.64 Å². The lowest BCUT2D eigenvalue weighted by atomic mass is 10.1. The van der Waals surface area contributed by atoms with Gasteiger partial charge in [-0.25, -0.2) is 4.79 Å². The minimum atomic E-state index is -0.492. The molecule has 24 heavy (non-hydrogen) atoms. The number of non-ortho nitro benzene ring substituents is 1. The van der Waals surface area contributed by atoms with Crippen LogP contribution in [0.15, 0.2) is 54.6 Å². The summed E-state index contributed by atoms with van der Waals surface area (Å²) in [6, 6.07) is 15.5. The molecule has 0 bridgehead atoms. The second kappa shape index (κ2) is 7.12. The van der Waals surface area contributed by atoms with Gasteiger partial charge in [0.1, 0.15) is 6.10 Å². The first-order valence-electron chi connectivity index (χ1n) is 7.89. The zero-order chi connectivity index (χ0) is 16.9. The van der Waals surface area contributed by atoms with Crippen molar-refractivity contribution in [3.63, 3.8) is 0 Å². The average molecular weight is 326 g/mol. The van der Waals surface area contributed by atoms with Crippen LogP contribution in [0.3, 0.4) is 0 Å². The topological polar surface area (TPSA) is 72.7 Å². The van der Waals surface area contributed by atoms with Crippen LogP contribution in [0.1, 0.15) is 23.2 Å². The Kier molecular flexibility index (Phi) is 4.74. The van der Waals surface area contributed by atoms with Crippen LogP contribution in [-0.2, 0) is 4.74 Å². The number of esters is 1. The lowest BCUT2D eigenvalue weighted by Crippen LogP contribution is -2.40. The van der Waals surface area contributed by atoms with Gasteiger partial charge in [-0.3, -0.25) is 10.1 Å². The molecule has 6 nitrogen and oxygen atoms in total. The summed E-state index contributed by atoms with van der Waals surface area (Å²) in [5, 5.41) is 10.7. The van der Waals surface area contributed by atoms with Crippen molar-refractivity contribution in [2.24, 2.45) is 0 Å². The first-order valence-corrected chi connectivity index (χ1v) is 7.89. The maximum Gasteiger partial charge on any atom is 0.338 e. The number of para-hydroxylation sites is 1. The van der Waals surface area contributed by atoms with Crippen LogP contribution in [-0.4, -0.2) is 30.1 Å². The van der Waals surface area contributed by atoms with Crippen molar-refractivity contribution in [3.05, 3.63) is 70.3 Å². The maximum absolute atomic E-state index is 12.2. The molecule has 0 saturated carbocycles. The zero-order valence-corrected chi connectivity index (χ0v) is 13.1. The van der Waals surface area contributed by atoms with Crippen LogP contribution in [0.5, 0.6) is 0 Å². The summed E-state index contributed by atoms with van der Waals surface area (Å²) in [5.41, 5.74) is 1.41. The largest absolute Gasteiger partial charge is 0.457 e. The molecule has 0 radical (unpaired) electrons. The van der Waals surface area contributed by atoms with Crippen molar-refractivity contribution in [1.82, 2.24) is 0 Å². The standard InChI is InChI=1S/C18H18N2O4/c21-18(14-8-10-16(11-9-14)20(22)23)24-17-7-4-12-19(13-17)15-5-2-1-3-6-15/h1-3,5-6,8-11,17H,4,7,12-13H2. The highest BCUT2D eigenvalue weighted by Gasteiger charge is 2.24. The van der Waals surface area contributed by atoms with E-state index in [1.807, 2.05) is 30.3 Å². The number of piperidine rings is 1.